The molecule has 9 heteroatoms. The summed E-state index contributed by atoms with van der Waals surface area (Å²) in [6.07, 6.45) is 49.2. The number of hydrogen-bond acceptors (Lipinski definition) is 7. The molecule has 0 saturated heterocycles. The zero-order valence-corrected chi connectivity index (χ0v) is 33.6. The summed E-state index contributed by atoms with van der Waals surface area (Å²) in [5.41, 5.74) is 0. The lowest BCUT2D eigenvalue weighted by Crippen LogP contribution is -2.29. The molecule has 0 aliphatic heterocycles. The van der Waals surface area contributed by atoms with E-state index < -0.39 is 32.5 Å². The van der Waals surface area contributed by atoms with Crippen molar-refractivity contribution in [3.8, 4) is 0 Å². The van der Waals surface area contributed by atoms with Crippen molar-refractivity contribution in [2.45, 2.75) is 155 Å². The van der Waals surface area contributed by atoms with Gasteiger partial charge in [-0.3, -0.25) is 18.6 Å². The van der Waals surface area contributed by atoms with E-state index in [2.05, 4.69) is 103 Å². The van der Waals surface area contributed by atoms with Crippen molar-refractivity contribution in [1.82, 2.24) is 0 Å². The van der Waals surface area contributed by atoms with Gasteiger partial charge in [0.1, 0.15) is 6.61 Å². The lowest BCUT2D eigenvalue weighted by Gasteiger charge is -2.19. The molecule has 1 N–H and O–H groups in total. The number of hydrogen-bond donors (Lipinski definition) is 1. The first-order valence-corrected chi connectivity index (χ1v) is 21.3. The van der Waals surface area contributed by atoms with Crippen LogP contribution in [0.1, 0.15) is 149 Å². The second-order valence-corrected chi connectivity index (χ2v) is 14.2. The maximum Gasteiger partial charge on any atom is 0.472 e. The van der Waals surface area contributed by atoms with Crippen LogP contribution in [0.25, 0.3) is 0 Å². The van der Waals surface area contributed by atoms with E-state index in [4.69, 9.17) is 14.0 Å². The largest absolute Gasteiger partial charge is 0.472 e. The third kappa shape index (κ3) is 37.0. The Morgan fingerprint density at radius 3 is 1.48 bits per heavy atom. The number of allylic oxidation sites excluding steroid dienone is 14. The zero-order valence-electron chi connectivity index (χ0n) is 32.7. The van der Waals surface area contributed by atoms with E-state index in [-0.39, 0.29) is 19.4 Å². The highest BCUT2D eigenvalue weighted by atomic mass is 31.2. The molecule has 52 heavy (non-hydrogen) atoms. The van der Waals surface area contributed by atoms with Crippen LogP contribution in [0.2, 0.25) is 0 Å². The van der Waals surface area contributed by atoms with Crippen LogP contribution in [0.15, 0.2) is 85.1 Å². The molecule has 0 aliphatic carbocycles. The molecule has 0 bridgehead atoms. The van der Waals surface area contributed by atoms with Crippen molar-refractivity contribution in [3.63, 3.8) is 0 Å². The fraction of sp³-hybridized carbons (Fsp3) is 0.628. The number of carbonyl (C=O) groups is 2. The lowest BCUT2D eigenvalue weighted by molar-refractivity contribution is -0.161. The molecule has 0 aromatic heterocycles. The molecule has 296 valence electrons. The molecule has 2 unspecified atom stereocenters. The highest BCUT2D eigenvalue weighted by Gasteiger charge is 2.24. The molecular weight excluding hydrogens is 675 g/mol. The van der Waals surface area contributed by atoms with Crippen LogP contribution >= 0.6 is 7.82 Å². The van der Waals surface area contributed by atoms with Gasteiger partial charge in [0, 0.05) is 20.0 Å². The Hall–Kier alpha value is -2.77. The summed E-state index contributed by atoms with van der Waals surface area (Å²) >= 11 is 0. The molecule has 0 aromatic carbocycles. The van der Waals surface area contributed by atoms with Gasteiger partial charge in [0.15, 0.2) is 6.10 Å². The quantitative estimate of drug-likeness (QED) is 0.0295. The van der Waals surface area contributed by atoms with Crippen molar-refractivity contribution in [3.05, 3.63) is 85.1 Å². The van der Waals surface area contributed by atoms with Crippen LogP contribution in [-0.2, 0) is 32.7 Å². The third-order valence-corrected chi connectivity index (χ3v) is 8.81. The molecule has 0 aromatic rings. The molecule has 0 rings (SSSR count). The lowest BCUT2D eigenvalue weighted by atomic mass is 10.1. The highest BCUT2D eigenvalue weighted by molar-refractivity contribution is 7.47. The highest BCUT2D eigenvalue weighted by Crippen LogP contribution is 2.42. The van der Waals surface area contributed by atoms with Crippen LogP contribution in [0, 0.1) is 0 Å². The average molecular weight is 747 g/mol. The molecule has 8 nitrogen and oxygen atoms in total. The van der Waals surface area contributed by atoms with Crippen molar-refractivity contribution in [2.75, 3.05) is 20.3 Å². The van der Waals surface area contributed by atoms with Gasteiger partial charge in [-0.15, -0.1) is 0 Å². The first-order chi connectivity index (χ1) is 25.3. The summed E-state index contributed by atoms with van der Waals surface area (Å²) in [6, 6.07) is 0. The standard InChI is InChI=1S/C43H71O8P/c1-4-6-8-10-12-14-16-18-20-21-22-23-24-26-28-30-32-34-36-38-43(45)51-41(40-50-52(46,47)48-3)39-49-42(44)37-35-33-31-29-27-25-19-17-15-13-11-9-7-5-2/h6,8,11-14,17-20,22-23,26,28,41H,4-5,7,9-10,15-16,21,24-25,27,29-40H2,1-3H3,(H,46,47)/b8-6-,13-11-,14-12-,19-17-,20-18-,23-22-,28-26-. The van der Waals surface area contributed by atoms with E-state index in [1.807, 2.05) is 0 Å². The fourth-order valence-corrected chi connectivity index (χ4v) is 5.28. The van der Waals surface area contributed by atoms with E-state index in [0.29, 0.717) is 12.8 Å². The Morgan fingerprint density at radius 1 is 0.558 bits per heavy atom. The molecule has 0 amide bonds. The van der Waals surface area contributed by atoms with Gasteiger partial charge in [0.05, 0.1) is 6.61 Å². The molecule has 0 fully saturated rings. The van der Waals surface area contributed by atoms with Crippen molar-refractivity contribution < 1.29 is 37.6 Å². The minimum atomic E-state index is -4.28. The van der Waals surface area contributed by atoms with Crippen molar-refractivity contribution >= 4 is 19.8 Å². The number of rotatable bonds is 35. The maximum atomic E-state index is 12.5. The minimum absolute atomic E-state index is 0.197. The third-order valence-electron chi connectivity index (χ3n) is 7.87. The van der Waals surface area contributed by atoms with Crippen molar-refractivity contribution in [1.29, 1.82) is 0 Å². The van der Waals surface area contributed by atoms with Crippen LogP contribution in [0.3, 0.4) is 0 Å². The number of carbonyl (C=O) groups excluding carboxylic acids is 2. The van der Waals surface area contributed by atoms with Gasteiger partial charge in [-0.05, 0) is 83.5 Å². The Balaban J connectivity index is 4.16. The Bertz CT molecular complexity index is 1120. The second-order valence-electron chi connectivity index (χ2n) is 12.7. The van der Waals surface area contributed by atoms with Gasteiger partial charge in [-0.2, -0.15) is 0 Å². The van der Waals surface area contributed by atoms with Gasteiger partial charge >= 0.3 is 19.8 Å². The van der Waals surface area contributed by atoms with Gasteiger partial charge < -0.3 is 14.4 Å². The van der Waals surface area contributed by atoms with Gasteiger partial charge in [-0.1, -0.05) is 137 Å². The summed E-state index contributed by atoms with van der Waals surface area (Å²) < 4.78 is 31.9. The van der Waals surface area contributed by atoms with Crippen LogP contribution in [0.4, 0.5) is 0 Å². The molecular formula is C43H71O8P. The van der Waals surface area contributed by atoms with Crippen molar-refractivity contribution in [2.24, 2.45) is 0 Å². The molecule has 2 atom stereocenters. The van der Waals surface area contributed by atoms with Gasteiger partial charge in [0.25, 0.3) is 0 Å². The second kappa shape index (κ2) is 38.0. The number of phosphoric acid groups is 1. The van der Waals surface area contributed by atoms with Gasteiger partial charge in [0.2, 0.25) is 0 Å². The summed E-state index contributed by atoms with van der Waals surface area (Å²) in [4.78, 5) is 34.4. The number of ether oxygens (including phenoxy) is 2. The topological polar surface area (TPSA) is 108 Å². The minimum Gasteiger partial charge on any atom is -0.462 e. The maximum absolute atomic E-state index is 12.5. The Morgan fingerprint density at radius 2 is 0.981 bits per heavy atom. The fourth-order valence-electron chi connectivity index (χ4n) is 4.82. The Kier molecular flexibility index (Phi) is 35.9. The molecule has 0 spiro atoms. The molecule has 0 saturated carbocycles. The Labute approximate surface area is 316 Å². The van der Waals surface area contributed by atoms with Crippen LogP contribution < -0.4 is 0 Å². The predicted octanol–water partition coefficient (Wildman–Crippen LogP) is 12.3. The normalized spacial score (nSPS) is 14.3. The van der Waals surface area contributed by atoms with E-state index >= 15 is 0 Å². The van der Waals surface area contributed by atoms with E-state index in [1.54, 1.807) is 0 Å². The summed E-state index contributed by atoms with van der Waals surface area (Å²) in [5.74, 6) is -0.868. The first kappa shape index (κ1) is 49.2. The first-order valence-electron chi connectivity index (χ1n) is 19.8. The predicted molar refractivity (Wildman–Crippen MR) is 216 cm³/mol. The number of esters is 2. The smallest absolute Gasteiger partial charge is 0.462 e. The average Bonchev–Trinajstić information content (AvgIpc) is 3.13. The SMILES string of the molecule is CC/C=C\C/C=C\C/C=C\C/C=C\C/C=C\CCCCCC(=O)OC(COC(=O)CCCCCCC/C=C\C/C=C\CCCC)COP(=O)(O)OC. The molecule has 0 radical (unpaired) electrons. The molecule has 0 aliphatic rings. The van der Waals surface area contributed by atoms with Crippen LogP contribution in [-0.4, -0.2) is 43.3 Å². The monoisotopic (exact) mass is 746 g/mol. The summed E-state index contributed by atoms with van der Waals surface area (Å²) in [7, 11) is -3.23. The zero-order chi connectivity index (χ0) is 38.2. The van der Waals surface area contributed by atoms with E-state index in [1.165, 1.54) is 12.8 Å². The van der Waals surface area contributed by atoms with E-state index in [9.17, 15) is 19.0 Å². The van der Waals surface area contributed by atoms with Crippen LogP contribution in [0.5, 0.6) is 0 Å². The summed E-state index contributed by atoms with van der Waals surface area (Å²) in [6.45, 7) is 3.67. The number of phosphoric ester groups is 1. The van der Waals surface area contributed by atoms with E-state index in [0.717, 1.165) is 103 Å². The summed E-state index contributed by atoms with van der Waals surface area (Å²) in [5, 5.41) is 0. The van der Waals surface area contributed by atoms with Gasteiger partial charge in [-0.25, -0.2) is 4.57 Å². The number of unbranched alkanes of at least 4 members (excludes halogenated alkanes) is 10. The molecule has 0 heterocycles.